The summed E-state index contributed by atoms with van der Waals surface area (Å²) in [5.74, 6) is -88.2. The van der Waals surface area contributed by atoms with Gasteiger partial charge >= 0.3 is 0 Å². The fourth-order valence-corrected chi connectivity index (χ4v) is 18.5. The molecule has 2 atom stereocenters. The minimum Gasteiger partial charge on any atom is -0.353 e. The van der Waals surface area contributed by atoms with Crippen LogP contribution in [0.15, 0.2) is 156 Å². The van der Waals surface area contributed by atoms with E-state index in [1.165, 1.54) is 0 Å². The van der Waals surface area contributed by atoms with E-state index in [0.29, 0.717) is 36.4 Å². The molecule has 0 aliphatic carbocycles. The van der Waals surface area contributed by atoms with E-state index in [1.807, 2.05) is 0 Å². The number of Topliss-reactive ketones (excluding diaryl/α,β-unsaturated/α-hetero) is 2. The fourth-order valence-electron chi connectivity index (χ4n) is 18.5. The summed E-state index contributed by atoms with van der Waals surface area (Å²) in [6.07, 6.45) is 0. The summed E-state index contributed by atoms with van der Waals surface area (Å²) in [6, 6.07) is 19.9. The molecule has 4 aromatic heterocycles. The molecule has 21 rings (SSSR count). The largest absolute Gasteiger partial charge is 0.353 e. The maximum atomic E-state index is 18.8. The van der Waals surface area contributed by atoms with Crippen LogP contribution in [0.4, 0.5) is 123 Å². The van der Waals surface area contributed by atoms with Gasteiger partial charge in [-0.05, 0) is 0 Å². The number of halogens is 28. The number of carbonyl (C=O) groups is 2. The summed E-state index contributed by atoms with van der Waals surface area (Å²) in [6.45, 7) is 0. The van der Waals surface area contributed by atoms with E-state index in [-0.39, 0.29) is 9.13 Å². The van der Waals surface area contributed by atoms with Crippen LogP contribution >= 0.6 is 0 Å². The van der Waals surface area contributed by atoms with E-state index in [0.717, 1.165) is 109 Å². The van der Waals surface area contributed by atoms with E-state index in [2.05, 4.69) is 20.0 Å². The van der Waals surface area contributed by atoms with E-state index in [9.17, 15) is 0 Å². The van der Waals surface area contributed by atoms with Gasteiger partial charge in [0.2, 0.25) is 34.8 Å². The van der Waals surface area contributed by atoms with Crippen LogP contribution in [-0.4, -0.2) is 42.1 Å². The van der Waals surface area contributed by atoms with Crippen LogP contribution in [0.3, 0.4) is 0 Å². The standard InChI is InChI=1S/C90H26F28N6O2/c91-47-37(48(92)58(102)67(111)57(47)101)41-75-25-13-1-3-15-27(25)79(119-75)43-39-51(95)61(105)71(115)73(117)83(39)123-81(43)31-19-7-11-23-35(31)87(125)90(123,46-55(99)65(109)70(114)66(110)56(46)100)86-34-22-10-6-18-30(34)78(122-86)42(38-49(93)59(103)68(112)60(104)50(38)94)76-26-14-2-4-16-28(26)80(120-76)44-40-52(96)62(106)72(116)74(118)84(40)124-82(44)32-20-8-12-24-36(32)88(126)89(124,45-53(97)63(107)69(113)64(108)54(45)98)85-33-21-9-5-17-29(33)77(41)121-85/h1-24,119-120H/b77-41-,78-42-. The Labute approximate surface area is 679 Å². The number of aliphatic imine (C=N–C) groups is 2. The quantitative estimate of drug-likeness (QED) is 0.104. The molecule has 0 saturated heterocycles. The third kappa shape index (κ3) is 9.24. The number of nitrogens with zero attached hydrogens (tertiary/aromatic N) is 4. The van der Waals surface area contributed by atoms with Crippen molar-refractivity contribution < 1.29 is 133 Å². The molecule has 9 heterocycles. The van der Waals surface area contributed by atoms with Gasteiger partial charge in [0.1, 0.15) is 0 Å². The molecule has 0 fully saturated rings. The van der Waals surface area contributed by atoms with Crippen molar-refractivity contribution in [2.24, 2.45) is 9.98 Å². The van der Waals surface area contributed by atoms with E-state index in [4.69, 9.17) is 0 Å². The Kier molecular flexibility index (Phi) is 16.3. The minimum atomic E-state index is -4.70. The van der Waals surface area contributed by atoms with Crippen LogP contribution in [-0.2, 0) is 11.1 Å². The average molecular weight is 1760 g/mol. The van der Waals surface area contributed by atoms with E-state index in [1.54, 1.807) is 0 Å². The van der Waals surface area contributed by atoms with Crippen LogP contribution in [0, 0.1) is 163 Å². The lowest BCUT2D eigenvalue weighted by atomic mass is 9.71. The van der Waals surface area contributed by atoms with Crippen LogP contribution in [0.5, 0.6) is 0 Å². The predicted octanol–water partition coefficient (Wildman–Crippen LogP) is 24.2. The van der Waals surface area contributed by atoms with Crippen molar-refractivity contribution >= 4 is 88.9 Å². The minimum absolute atomic E-state index is 0.228. The summed E-state index contributed by atoms with van der Waals surface area (Å²) in [5, 5.41) is -7.23. The Morgan fingerprint density at radius 2 is 0.460 bits per heavy atom. The molecule has 16 aromatic rings. The van der Waals surface area contributed by atoms with Crippen LogP contribution in [0.25, 0.3) is 111 Å². The number of carbonyl (C=O) groups excluding carboxylic acids is 2. The van der Waals surface area contributed by atoms with Crippen LogP contribution in [0.2, 0.25) is 0 Å². The second-order valence-electron chi connectivity index (χ2n) is 29.3. The number of hydrogen-bond acceptors (Lipinski definition) is 4. The Balaban J connectivity index is 1.11. The Bertz CT molecular complexity index is 7560. The van der Waals surface area contributed by atoms with Crippen molar-refractivity contribution in [1.29, 1.82) is 0 Å². The Morgan fingerprint density at radius 3 is 0.762 bits per heavy atom. The monoisotopic (exact) mass is 1750 g/mol. The van der Waals surface area contributed by atoms with E-state index >= 15 is 133 Å². The number of nitrogens with one attached hydrogen (secondary N) is 2. The Morgan fingerprint density at radius 1 is 0.230 bits per heavy atom. The highest BCUT2D eigenvalue weighted by Gasteiger charge is 2.63. The summed E-state index contributed by atoms with van der Waals surface area (Å²) >= 11 is 0. The first-order chi connectivity index (χ1) is 60.1. The van der Waals surface area contributed by atoms with Gasteiger partial charge in [-0.1, -0.05) is 146 Å². The maximum Gasteiger partial charge on any atom is 0.200 e. The number of fused-ring (bicyclic) bond motifs is 10. The third-order valence-electron chi connectivity index (χ3n) is 23.5. The summed E-state index contributed by atoms with van der Waals surface area (Å²) < 4.78 is 490. The van der Waals surface area contributed by atoms with Crippen molar-refractivity contribution in [3.05, 3.63) is 375 Å². The molecule has 16 bridgehead atoms. The van der Waals surface area contributed by atoms with E-state index < -0.39 is 375 Å². The second kappa shape index (κ2) is 26.3. The molecule has 2 N–H and O–H groups in total. The molecule has 624 valence electrons. The molecule has 0 amide bonds. The Hall–Kier alpha value is -15.0. The number of rotatable bonds is 4. The molecule has 0 spiro atoms. The number of benzene rings is 12. The van der Waals surface area contributed by atoms with Gasteiger partial charge in [0.25, 0.3) is 0 Å². The van der Waals surface area contributed by atoms with Crippen LogP contribution in [0.1, 0.15) is 76.6 Å². The number of aromatic amines is 2. The highest BCUT2D eigenvalue weighted by atomic mass is 19.2. The topological polar surface area (TPSA) is 100 Å². The number of hydrogen-bond donors (Lipinski definition) is 2. The number of ketones is 2. The normalized spacial score (nSPS) is 17.4. The van der Waals surface area contributed by atoms with Gasteiger partial charge in [0, 0.05) is 88.3 Å². The van der Waals surface area contributed by atoms with Gasteiger partial charge < -0.3 is 19.1 Å². The average Bonchev–Trinajstić information content (AvgIpc) is 1.48. The molecular formula is C90H26F28N6O2. The highest BCUT2D eigenvalue weighted by molar-refractivity contribution is 6.37. The molecule has 5 aliphatic rings. The lowest BCUT2D eigenvalue weighted by Gasteiger charge is -2.41. The summed E-state index contributed by atoms with van der Waals surface area (Å²) in [5.41, 5.74) is -53.2. The molecule has 2 unspecified atom stereocenters. The SMILES string of the molecule is O=C1c2ccccc2-c2c3c4c(F)c(F)c(F)c(F)c4n2C1(c1c(F)c(F)c(F)c(F)c1F)C1=N/C(=C(/c2c(F)c(F)c(F)c(F)c2F)c2[nH]c(c4ccccc24)-c2c4n(c5c(F)c(F)c(F)c(F)c25)C(c2c(F)c(F)c(F)c(F)c2F)(C(=O)c2ccccc2-4)C2=N/C(=C(/c4c(F)c(F)c(F)c(F)c4F)c4[nH]c-3c3ccccc43)c3ccccc32)c2ccccc21. The van der Waals surface area contributed by atoms with Crippen LogP contribution < -0.4 is 0 Å². The van der Waals surface area contributed by atoms with Crippen molar-refractivity contribution in [2.75, 3.05) is 0 Å². The van der Waals surface area contributed by atoms with Gasteiger partial charge in [-0.25, -0.2) is 133 Å². The molecular weight excluding hydrogens is 1730 g/mol. The zero-order valence-corrected chi connectivity index (χ0v) is 61.0. The highest BCUT2D eigenvalue weighted by Crippen LogP contribution is 2.62. The first-order valence-corrected chi connectivity index (χ1v) is 36.4. The first kappa shape index (κ1) is 78.3. The van der Waals surface area contributed by atoms with Gasteiger partial charge in [0.05, 0.1) is 101 Å². The summed E-state index contributed by atoms with van der Waals surface area (Å²) in [4.78, 5) is 48.5. The number of H-pyrrole nitrogens is 2. The van der Waals surface area contributed by atoms with Gasteiger partial charge in [-0.2, -0.15) is 0 Å². The smallest absolute Gasteiger partial charge is 0.200 e. The van der Waals surface area contributed by atoms with Gasteiger partial charge in [-0.3, -0.25) is 9.59 Å². The number of aromatic nitrogens is 4. The third-order valence-corrected chi connectivity index (χ3v) is 23.5. The molecule has 0 radical (unpaired) electrons. The lowest BCUT2D eigenvalue weighted by Crippen LogP contribution is -2.54. The molecule has 5 aliphatic heterocycles. The molecule has 12 aromatic carbocycles. The summed E-state index contributed by atoms with van der Waals surface area (Å²) in [7, 11) is 0. The van der Waals surface area contributed by atoms with Crippen molar-refractivity contribution in [1.82, 2.24) is 19.1 Å². The van der Waals surface area contributed by atoms with Crippen molar-refractivity contribution in [2.45, 2.75) is 11.1 Å². The van der Waals surface area contributed by atoms with Gasteiger partial charge in [0.15, 0.2) is 151 Å². The molecule has 36 heteroatoms. The zero-order chi connectivity index (χ0) is 88.9. The van der Waals surface area contributed by atoms with Crippen molar-refractivity contribution in [3.8, 4) is 45.0 Å². The maximum absolute atomic E-state index is 18.8. The fraction of sp³-hybridized carbons (Fsp3) is 0.0222. The van der Waals surface area contributed by atoms with Gasteiger partial charge in [-0.15, -0.1) is 0 Å². The zero-order valence-electron chi connectivity index (χ0n) is 61.0. The predicted molar refractivity (Wildman–Crippen MR) is 395 cm³/mol. The molecule has 0 saturated carbocycles. The molecule has 126 heavy (non-hydrogen) atoms. The lowest BCUT2D eigenvalue weighted by molar-refractivity contribution is 0.0894. The first-order valence-electron chi connectivity index (χ1n) is 36.4. The molecule has 8 nitrogen and oxygen atoms in total. The van der Waals surface area contributed by atoms with Crippen molar-refractivity contribution in [3.63, 3.8) is 0 Å². The second-order valence-corrected chi connectivity index (χ2v) is 29.3.